The largest absolute Gasteiger partial charge is 0.481 e. The molecule has 0 aliphatic carbocycles. The van der Waals surface area contributed by atoms with Crippen molar-refractivity contribution in [1.29, 1.82) is 0 Å². The molecule has 5 nitrogen and oxygen atoms in total. The first-order chi connectivity index (χ1) is 7.93. The van der Waals surface area contributed by atoms with Crippen LogP contribution in [0.1, 0.15) is 36.8 Å². The predicted octanol–water partition coefficient (Wildman–Crippen LogP) is 1.62. The lowest BCUT2D eigenvalue weighted by Crippen LogP contribution is -2.30. The Bertz CT molecular complexity index is 410. The Morgan fingerprint density at radius 2 is 2.12 bits per heavy atom. The summed E-state index contributed by atoms with van der Waals surface area (Å²) >= 11 is 0. The van der Waals surface area contributed by atoms with E-state index in [1.165, 1.54) is 4.90 Å². The molecule has 1 aromatic heterocycles. The van der Waals surface area contributed by atoms with Gasteiger partial charge in [-0.15, -0.1) is 0 Å². The number of rotatable bonds is 5. The average Bonchev–Trinajstić information content (AvgIpc) is 2.73. The summed E-state index contributed by atoms with van der Waals surface area (Å²) in [6, 6.07) is 3.77. The van der Waals surface area contributed by atoms with Crippen LogP contribution in [-0.2, 0) is 4.79 Å². The van der Waals surface area contributed by atoms with Crippen LogP contribution >= 0.6 is 0 Å². The van der Waals surface area contributed by atoms with Crippen molar-refractivity contribution >= 4 is 11.9 Å². The molecule has 94 valence electrons. The van der Waals surface area contributed by atoms with Gasteiger partial charge in [-0.2, -0.15) is 0 Å². The molecule has 1 N–H and O–H groups in total. The first-order valence-electron chi connectivity index (χ1n) is 5.57. The number of nitrogens with zero attached hydrogens (tertiary/aromatic N) is 2. The molecule has 0 saturated carbocycles. The van der Waals surface area contributed by atoms with E-state index < -0.39 is 5.97 Å². The standard InChI is InChI=1S/C12H18N2O3/c1-9(2)14-7-4-5-10(14)12(17)13(3)8-6-11(15)16/h4-5,7,9H,6,8H2,1-3H3,(H,15,16). The third-order valence-corrected chi connectivity index (χ3v) is 2.56. The minimum absolute atomic E-state index is 0.0371. The van der Waals surface area contributed by atoms with E-state index in [0.29, 0.717) is 5.69 Å². The average molecular weight is 238 g/mol. The Hall–Kier alpha value is -1.78. The van der Waals surface area contributed by atoms with Crippen LogP contribution in [0.4, 0.5) is 0 Å². The number of aromatic nitrogens is 1. The summed E-state index contributed by atoms with van der Waals surface area (Å²) < 4.78 is 1.87. The molecule has 0 aliphatic heterocycles. The van der Waals surface area contributed by atoms with Crippen molar-refractivity contribution in [1.82, 2.24) is 9.47 Å². The first kappa shape index (κ1) is 13.3. The molecule has 0 aromatic carbocycles. The fraction of sp³-hybridized carbons (Fsp3) is 0.500. The van der Waals surface area contributed by atoms with Gasteiger partial charge in [-0.05, 0) is 26.0 Å². The molecule has 5 heteroatoms. The molecule has 0 bridgehead atoms. The molecule has 0 saturated heterocycles. The molecule has 0 atom stereocenters. The summed E-state index contributed by atoms with van der Waals surface area (Å²) in [5.41, 5.74) is 0.591. The van der Waals surface area contributed by atoms with Gasteiger partial charge in [0.2, 0.25) is 0 Å². The molecular formula is C12H18N2O3. The van der Waals surface area contributed by atoms with Crippen molar-refractivity contribution in [2.24, 2.45) is 0 Å². The second kappa shape index (κ2) is 5.52. The maximum Gasteiger partial charge on any atom is 0.305 e. The maximum absolute atomic E-state index is 12.1. The first-order valence-corrected chi connectivity index (χ1v) is 5.57. The highest BCUT2D eigenvalue weighted by Crippen LogP contribution is 2.12. The van der Waals surface area contributed by atoms with E-state index in [1.807, 2.05) is 30.7 Å². The van der Waals surface area contributed by atoms with Gasteiger partial charge in [0.25, 0.3) is 5.91 Å². The minimum atomic E-state index is -0.899. The zero-order valence-corrected chi connectivity index (χ0v) is 10.4. The molecule has 1 rings (SSSR count). The number of aliphatic carboxylic acids is 1. The smallest absolute Gasteiger partial charge is 0.305 e. The lowest BCUT2D eigenvalue weighted by molar-refractivity contribution is -0.137. The van der Waals surface area contributed by atoms with Gasteiger partial charge in [0.1, 0.15) is 5.69 Å². The number of carbonyl (C=O) groups excluding carboxylic acids is 1. The Morgan fingerprint density at radius 1 is 1.47 bits per heavy atom. The summed E-state index contributed by atoms with van der Waals surface area (Å²) in [4.78, 5) is 23.9. The topological polar surface area (TPSA) is 62.5 Å². The lowest BCUT2D eigenvalue weighted by atomic mass is 10.3. The van der Waals surface area contributed by atoms with Crippen molar-refractivity contribution in [3.05, 3.63) is 24.0 Å². The number of carboxylic acid groups (broad SMARTS) is 1. The van der Waals surface area contributed by atoms with Gasteiger partial charge < -0.3 is 14.6 Å². The van der Waals surface area contributed by atoms with E-state index in [1.54, 1.807) is 13.1 Å². The fourth-order valence-electron chi connectivity index (χ4n) is 1.59. The van der Waals surface area contributed by atoms with Crippen LogP contribution in [0.3, 0.4) is 0 Å². The number of carboxylic acids is 1. The highest BCUT2D eigenvalue weighted by Gasteiger charge is 2.17. The predicted molar refractivity (Wildman–Crippen MR) is 64.0 cm³/mol. The molecule has 0 unspecified atom stereocenters. The fourth-order valence-corrected chi connectivity index (χ4v) is 1.59. The van der Waals surface area contributed by atoms with E-state index in [0.717, 1.165) is 0 Å². The van der Waals surface area contributed by atoms with Crippen molar-refractivity contribution in [3.8, 4) is 0 Å². The van der Waals surface area contributed by atoms with Gasteiger partial charge >= 0.3 is 5.97 Å². The van der Waals surface area contributed by atoms with Crippen LogP contribution in [0.15, 0.2) is 18.3 Å². The monoisotopic (exact) mass is 238 g/mol. The van der Waals surface area contributed by atoms with Crippen molar-refractivity contribution < 1.29 is 14.7 Å². The Labute approximate surface area is 101 Å². The summed E-state index contributed by atoms with van der Waals surface area (Å²) in [6.07, 6.45) is 1.81. The number of hydrogen-bond donors (Lipinski definition) is 1. The molecule has 1 heterocycles. The zero-order chi connectivity index (χ0) is 13.0. The van der Waals surface area contributed by atoms with Crippen LogP contribution in [0, 0.1) is 0 Å². The molecule has 0 spiro atoms. The summed E-state index contributed by atoms with van der Waals surface area (Å²) in [5, 5.41) is 8.57. The van der Waals surface area contributed by atoms with Gasteiger partial charge in [0.05, 0.1) is 6.42 Å². The molecule has 0 radical (unpaired) electrons. The Morgan fingerprint density at radius 3 is 2.65 bits per heavy atom. The van der Waals surface area contributed by atoms with E-state index in [9.17, 15) is 9.59 Å². The summed E-state index contributed by atoms with van der Waals surface area (Å²) in [5.74, 6) is -1.05. The third-order valence-electron chi connectivity index (χ3n) is 2.56. The number of carbonyl (C=O) groups is 2. The molecule has 1 aromatic rings. The molecule has 1 amide bonds. The van der Waals surface area contributed by atoms with E-state index in [2.05, 4.69) is 0 Å². The van der Waals surface area contributed by atoms with Crippen LogP contribution in [-0.4, -0.2) is 40.0 Å². The van der Waals surface area contributed by atoms with Crippen molar-refractivity contribution in [3.63, 3.8) is 0 Å². The Balaban J connectivity index is 2.74. The normalized spacial score (nSPS) is 10.6. The van der Waals surface area contributed by atoms with Gasteiger partial charge in [0, 0.05) is 25.8 Å². The highest BCUT2D eigenvalue weighted by atomic mass is 16.4. The zero-order valence-electron chi connectivity index (χ0n) is 10.4. The van der Waals surface area contributed by atoms with Gasteiger partial charge in [-0.1, -0.05) is 0 Å². The summed E-state index contributed by atoms with van der Waals surface area (Å²) in [7, 11) is 1.61. The maximum atomic E-state index is 12.1. The molecular weight excluding hydrogens is 220 g/mol. The second-order valence-electron chi connectivity index (χ2n) is 4.26. The van der Waals surface area contributed by atoms with Gasteiger partial charge in [-0.25, -0.2) is 0 Å². The highest BCUT2D eigenvalue weighted by molar-refractivity contribution is 5.92. The second-order valence-corrected chi connectivity index (χ2v) is 4.26. The minimum Gasteiger partial charge on any atom is -0.481 e. The number of amides is 1. The number of hydrogen-bond acceptors (Lipinski definition) is 2. The van der Waals surface area contributed by atoms with Crippen molar-refractivity contribution in [2.45, 2.75) is 26.3 Å². The van der Waals surface area contributed by atoms with E-state index >= 15 is 0 Å². The quantitative estimate of drug-likeness (QED) is 0.847. The third kappa shape index (κ3) is 3.34. The summed E-state index contributed by atoms with van der Waals surface area (Å²) in [6.45, 7) is 4.21. The molecule has 0 fully saturated rings. The lowest BCUT2D eigenvalue weighted by Gasteiger charge is -2.19. The van der Waals surface area contributed by atoms with Crippen LogP contribution in [0.5, 0.6) is 0 Å². The van der Waals surface area contributed by atoms with E-state index in [4.69, 9.17) is 5.11 Å². The van der Waals surface area contributed by atoms with Crippen LogP contribution in [0.2, 0.25) is 0 Å². The molecule has 0 aliphatic rings. The van der Waals surface area contributed by atoms with Gasteiger partial charge in [0.15, 0.2) is 0 Å². The van der Waals surface area contributed by atoms with Crippen molar-refractivity contribution in [2.75, 3.05) is 13.6 Å². The Kier molecular flexibility index (Phi) is 4.31. The van der Waals surface area contributed by atoms with Crippen LogP contribution in [0.25, 0.3) is 0 Å². The van der Waals surface area contributed by atoms with Crippen LogP contribution < -0.4 is 0 Å². The molecule has 17 heavy (non-hydrogen) atoms. The van der Waals surface area contributed by atoms with E-state index in [-0.39, 0.29) is 24.9 Å². The van der Waals surface area contributed by atoms with Gasteiger partial charge in [-0.3, -0.25) is 9.59 Å². The SMILES string of the molecule is CC(C)n1cccc1C(=O)N(C)CCC(=O)O.